The van der Waals surface area contributed by atoms with Gasteiger partial charge in [-0.1, -0.05) is 18.2 Å². The number of benzene rings is 1. The molecule has 0 aliphatic carbocycles. The van der Waals surface area contributed by atoms with Crippen LogP contribution in [-0.2, 0) is 16.1 Å². The molecule has 0 amide bonds. The highest BCUT2D eigenvalue weighted by Gasteiger charge is 2.35. The van der Waals surface area contributed by atoms with Crippen LogP contribution in [0.25, 0.3) is 0 Å². The first-order valence-electron chi connectivity index (χ1n) is 6.79. The Hall–Kier alpha value is -1.59. The van der Waals surface area contributed by atoms with Crippen molar-refractivity contribution in [2.75, 3.05) is 33.9 Å². The van der Waals surface area contributed by atoms with E-state index in [0.717, 1.165) is 24.4 Å². The topological polar surface area (TPSA) is 50.8 Å². The Kier molecular flexibility index (Phi) is 4.62. The van der Waals surface area contributed by atoms with Gasteiger partial charge in [0, 0.05) is 25.2 Å². The van der Waals surface area contributed by atoms with Gasteiger partial charge in [-0.3, -0.25) is 9.69 Å². The summed E-state index contributed by atoms with van der Waals surface area (Å²) in [6, 6.07) is 8.02. The molecule has 2 rings (SSSR count). The molecule has 1 aliphatic rings. The molecule has 1 heterocycles. The number of hydrogen-bond donors (Lipinski definition) is 1. The summed E-state index contributed by atoms with van der Waals surface area (Å²) in [4.78, 5) is 14.1. The van der Waals surface area contributed by atoms with Crippen LogP contribution < -0.4 is 10.1 Å². The molecule has 1 atom stereocenters. The van der Waals surface area contributed by atoms with Gasteiger partial charge in [0.05, 0.1) is 7.11 Å². The van der Waals surface area contributed by atoms with Crippen molar-refractivity contribution >= 4 is 5.97 Å². The average Bonchev–Trinajstić information content (AvgIpc) is 2.67. The summed E-state index contributed by atoms with van der Waals surface area (Å²) >= 11 is 0. The number of methoxy groups -OCH3 is 1. The van der Waals surface area contributed by atoms with Gasteiger partial charge in [-0.2, -0.15) is 0 Å². The van der Waals surface area contributed by atoms with Crippen LogP contribution in [0.2, 0.25) is 0 Å². The van der Waals surface area contributed by atoms with Crippen LogP contribution in [0.4, 0.5) is 0 Å². The van der Waals surface area contributed by atoms with Gasteiger partial charge in [0.1, 0.15) is 17.9 Å². The highest BCUT2D eigenvalue weighted by atomic mass is 16.5. The monoisotopic (exact) mass is 278 g/mol. The lowest BCUT2D eigenvalue weighted by molar-refractivity contribution is -0.148. The molecule has 0 bridgehead atoms. The number of fused-ring (bicyclic) bond motifs is 1. The number of para-hydroxylation sites is 1. The molecule has 1 N–H and O–H groups in total. The van der Waals surface area contributed by atoms with E-state index in [2.05, 4.69) is 16.3 Å². The van der Waals surface area contributed by atoms with Crippen LogP contribution >= 0.6 is 0 Å². The molecule has 0 fully saturated rings. The lowest BCUT2D eigenvalue weighted by Gasteiger charge is -2.32. The summed E-state index contributed by atoms with van der Waals surface area (Å²) in [5.41, 5.74) is 0.432. The maximum Gasteiger partial charge on any atom is 0.327 e. The van der Waals surface area contributed by atoms with E-state index in [9.17, 15) is 4.79 Å². The Balaban J connectivity index is 2.12. The van der Waals surface area contributed by atoms with Gasteiger partial charge >= 0.3 is 5.97 Å². The van der Waals surface area contributed by atoms with E-state index in [-0.39, 0.29) is 5.97 Å². The molecule has 5 nitrogen and oxygen atoms in total. The first-order chi connectivity index (χ1) is 9.59. The summed E-state index contributed by atoms with van der Waals surface area (Å²) in [6.45, 7) is 4.61. The standard InChI is InChI=1S/C15H22N2O3/c1-15(16-2,14(18)19-3)11-17-8-9-20-13-7-5-4-6-12(13)10-17/h4-7,16H,8-11H2,1-3H3. The van der Waals surface area contributed by atoms with E-state index in [0.29, 0.717) is 13.2 Å². The quantitative estimate of drug-likeness (QED) is 0.834. The molecule has 1 aromatic carbocycles. The number of hydrogen-bond acceptors (Lipinski definition) is 5. The van der Waals surface area contributed by atoms with E-state index in [1.54, 1.807) is 7.05 Å². The smallest absolute Gasteiger partial charge is 0.327 e. The molecule has 20 heavy (non-hydrogen) atoms. The minimum absolute atomic E-state index is 0.251. The average molecular weight is 278 g/mol. The number of esters is 1. The molecule has 0 aromatic heterocycles. The van der Waals surface area contributed by atoms with E-state index in [1.807, 2.05) is 25.1 Å². The van der Waals surface area contributed by atoms with E-state index >= 15 is 0 Å². The van der Waals surface area contributed by atoms with Crippen molar-refractivity contribution < 1.29 is 14.3 Å². The van der Waals surface area contributed by atoms with Gasteiger partial charge < -0.3 is 14.8 Å². The van der Waals surface area contributed by atoms with Gasteiger partial charge in [0.15, 0.2) is 0 Å². The summed E-state index contributed by atoms with van der Waals surface area (Å²) in [5, 5.41) is 3.06. The van der Waals surface area contributed by atoms with Gasteiger partial charge in [0.25, 0.3) is 0 Å². The van der Waals surface area contributed by atoms with Crippen molar-refractivity contribution in [3.8, 4) is 5.75 Å². The number of ether oxygens (including phenoxy) is 2. The first-order valence-corrected chi connectivity index (χ1v) is 6.79. The fourth-order valence-electron chi connectivity index (χ4n) is 2.43. The second kappa shape index (κ2) is 6.24. The number of carbonyl (C=O) groups is 1. The SMILES string of the molecule is CNC(C)(CN1CCOc2ccccc2C1)C(=O)OC. The summed E-state index contributed by atoms with van der Waals surface area (Å²) in [7, 11) is 3.19. The number of likely N-dealkylation sites (N-methyl/N-ethyl adjacent to an activating group) is 1. The Morgan fingerprint density at radius 2 is 2.25 bits per heavy atom. The largest absolute Gasteiger partial charge is 0.492 e. The van der Waals surface area contributed by atoms with Crippen LogP contribution in [0.3, 0.4) is 0 Å². The van der Waals surface area contributed by atoms with Crippen molar-refractivity contribution in [1.29, 1.82) is 0 Å². The van der Waals surface area contributed by atoms with E-state index < -0.39 is 5.54 Å². The van der Waals surface area contributed by atoms with Crippen molar-refractivity contribution in [3.63, 3.8) is 0 Å². The number of rotatable bonds is 4. The Morgan fingerprint density at radius 1 is 1.50 bits per heavy atom. The van der Waals surface area contributed by atoms with Crippen LogP contribution in [0, 0.1) is 0 Å². The van der Waals surface area contributed by atoms with Crippen molar-refractivity contribution in [3.05, 3.63) is 29.8 Å². The van der Waals surface area contributed by atoms with Crippen LogP contribution in [0.5, 0.6) is 5.75 Å². The molecular weight excluding hydrogens is 256 g/mol. The zero-order chi connectivity index (χ0) is 14.6. The lowest BCUT2D eigenvalue weighted by atomic mass is 10.0. The summed E-state index contributed by atoms with van der Waals surface area (Å²) in [5.74, 6) is 0.678. The van der Waals surface area contributed by atoms with Crippen molar-refractivity contribution in [2.24, 2.45) is 0 Å². The maximum absolute atomic E-state index is 11.9. The van der Waals surface area contributed by atoms with Gasteiger partial charge in [0.2, 0.25) is 0 Å². The van der Waals surface area contributed by atoms with Crippen LogP contribution in [0.1, 0.15) is 12.5 Å². The third-order valence-corrected chi connectivity index (χ3v) is 3.76. The maximum atomic E-state index is 11.9. The molecule has 0 saturated heterocycles. The van der Waals surface area contributed by atoms with Gasteiger partial charge in [-0.05, 0) is 20.0 Å². The van der Waals surface area contributed by atoms with Crippen molar-refractivity contribution in [1.82, 2.24) is 10.2 Å². The second-order valence-electron chi connectivity index (χ2n) is 5.24. The fourth-order valence-corrected chi connectivity index (χ4v) is 2.43. The molecule has 0 spiro atoms. The zero-order valence-electron chi connectivity index (χ0n) is 12.3. The Labute approximate surface area is 119 Å². The highest BCUT2D eigenvalue weighted by Crippen LogP contribution is 2.23. The van der Waals surface area contributed by atoms with Gasteiger partial charge in [-0.15, -0.1) is 0 Å². The molecule has 0 saturated carbocycles. The predicted molar refractivity (Wildman–Crippen MR) is 76.7 cm³/mol. The first kappa shape index (κ1) is 14.8. The highest BCUT2D eigenvalue weighted by molar-refractivity contribution is 5.80. The number of nitrogens with zero attached hydrogens (tertiary/aromatic N) is 1. The normalized spacial score (nSPS) is 18.4. The third kappa shape index (κ3) is 3.11. The van der Waals surface area contributed by atoms with Crippen LogP contribution in [0.15, 0.2) is 24.3 Å². The minimum Gasteiger partial charge on any atom is -0.492 e. The molecular formula is C15H22N2O3. The Bertz CT molecular complexity index is 478. The second-order valence-corrected chi connectivity index (χ2v) is 5.24. The zero-order valence-corrected chi connectivity index (χ0v) is 12.3. The molecule has 1 aromatic rings. The third-order valence-electron chi connectivity index (χ3n) is 3.76. The number of carbonyl (C=O) groups excluding carboxylic acids is 1. The molecule has 110 valence electrons. The summed E-state index contributed by atoms with van der Waals surface area (Å²) < 4.78 is 10.6. The summed E-state index contributed by atoms with van der Waals surface area (Å²) in [6.07, 6.45) is 0. The molecule has 1 unspecified atom stereocenters. The molecule has 5 heteroatoms. The minimum atomic E-state index is -0.714. The van der Waals surface area contributed by atoms with E-state index in [1.165, 1.54) is 7.11 Å². The number of nitrogens with one attached hydrogen (secondary N) is 1. The van der Waals surface area contributed by atoms with Gasteiger partial charge in [-0.25, -0.2) is 0 Å². The Morgan fingerprint density at radius 3 is 2.95 bits per heavy atom. The predicted octanol–water partition coefficient (Wildman–Crippen LogP) is 1.03. The van der Waals surface area contributed by atoms with E-state index in [4.69, 9.17) is 9.47 Å². The van der Waals surface area contributed by atoms with Crippen molar-refractivity contribution in [2.45, 2.75) is 19.0 Å². The molecule has 0 radical (unpaired) electrons. The molecule has 1 aliphatic heterocycles. The van der Waals surface area contributed by atoms with Crippen LogP contribution in [-0.4, -0.2) is 50.3 Å². The lowest BCUT2D eigenvalue weighted by Crippen LogP contribution is -2.56. The fraction of sp³-hybridized carbons (Fsp3) is 0.533.